The summed E-state index contributed by atoms with van der Waals surface area (Å²) in [4.78, 5) is 11.9. The predicted octanol–water partition coefficient (Wildman–Crippen LogP) is 3.07. The average Bonchev–Trinajstić information content (AvgIpc) is 2.42. The Morgan fingerprint density at radius 3 is 2.93 bits per heavy atom. The van der Waals surface area contributed by atoms with E-state index in [1.165, 1.54) is 19.3 Å². The van der Waals surface area contributed by atoms with Crippen LogP contribution in [-0.4, -0.2) is 12.1 Å². The Morgan fingerprint density at radius 1 is 1.47 bits per heavy atom. The van der Waals surface area contributed by atoms with E-state index in [1.807, 2.05) is 13.0 Å². The molecule has 84 valence electrons. The Labute approximate surface area is 91.7 Å². The highest BCUT2D eigenvalue weighted by atomic mass is 16.6. The van der Waals surface area contributed by atoms with Crippen LogP contribution in [0.5, 0.6) is 0 Å². The molecular weight excluding hydrogens is 188 g/mol. The number of rotatable bonds is 2. The minimum atomic E-state index is -0.295. The lowest BCUT2D eigenvalue weighted by molar-refractivity contribution is -0.148. The lowest BCUT2D eigenvalue weighted by Crippen LogP contribution is -2.30. The molecule has 0 aromatic rings. The topological polar surface area (TPSA) is 26.3 Å². The zero-order chi connectivity index (χ0) is 10.9. The van der Waals surface area contributed by atoms with Gasteiger partial charge >= 0.3 is 5.97 Å². The zero-order valence-electron chi connectivity index (χ0n) is 9.50. The molecule has 3 atom stereocenters. The van der Waals surface area contributed by atoms with E-state index < -0.39 is 0 Å². The van der Waals surface area contributed by atoms with E-state index in [-0.39, 0.29) is 17.5 Å². The first-order valence-corrected chi connectivity index (χ1v) is 6.00. The predicted molar refractivity (Wildman–Crippen MR) is 59.4 cm³/mol. The number of fused-ring (bicyclic) bond motifs is 1. The van der Waals surface area contributed by atoms with Gasteiger partial charge in [-0.1, -0.05) is 18.9 Å². The van der Waals surface area contributed by atoms with Crippen LogP contribution in [0, 0.1) is 11.3 Å². The number of ether oxygens (including phenoxy) is 1. The molecule has 0 spiro atoms. The van der Waals surface area contributed by atoms with Crippen molar-refractivity contribution >= 4 is 5.97 Å². The summed E-state index contributed by atoms with van der Waals surface area (Å²) in [5, 5.41) is 0. The maximum Gasteiger partial charge on any atom is 0.312 e. The quantitative estimate of drug-likeness (QED) is 0.515. The van der Waals surface area contributed by atoms with Crippen molar-refractivity contribution in [3.05, 3.63) is 12.7 Å². The maximum atomic E-state index is 11.9. The number of carbonyl (C=O) groups excluding carboxylic acids is 1. The van der Waals surface area contributed by atoms with Crippen LogP contribution in [0.2, 0.25) is 0 Å². The van der Waals surface area contributed by atoms with Crippen molar-refractivity contribution < 1.29 is 9.53 Å². The summed E-state index contributed by atoms with van der Waals surface area (Å²) in [6, 6.07) is 0. The minimum absolute atomic E-state index is 0.000648. The van der Waals surface area contributed by atoms with Crippen molar-refractivity contribution in [2.45, 2.75) is 51.6 Å². The van der Waals surface area contributed by atoms with Crippen LogP contribution < -0.4 is 0 Å². The van der Waals surface area contributed by atoms with Gasteiger partial charge in [0.2, 0.25) is 0 Å². The molecular formula is C13H20O2. The molecule has 0 bridgehead atoms. The summed E-state index contributed by atoms with van der Waals surface area (Å²) in [7, 11) is 0. The van der Waals surface area contributed by atoms with Gasteiger partial charge in [0.15, 0.2) is 0 Å². The molecule has 1 aliphatic heterocycles. The van der Waals surface area contributed by atoms with Crippen LogP contribution in [0.4, 0.5) is 0 Å². The third-order valence-electron chi connectivity index (χ3n) is 4.06. The van der Waals surface area contributed by atoms with Crippen molar-refractivity contribution in [2.24, 2.45) is 11.3 Å². The average molecular weight is 208 g/mol. The largest absolute Gasteiger partial charge is 0.462 e. The summed E-state index contributed by atoms with van der Waals surface area (Å²) in [5.41, 5.74) is -0.295. The molecule has 0 aromatic heterocycles. The van der Waals surface area contributed by atoms with Gasteiger partial charge in [0.25, 0.3) is 0 Å². The fourth-order valence-corrected chi connectivity index (χ4v) is 3.10. The van der Waals surface area contributed by atoms with E-state index in [1.54, 1.807) is 0 Å². The van der Waals surface area contributed by atoms with E-state index in [0.29, 0.717) is 5.92 Å². The minimum Gasteiger partial charge on any atom is -0.462 e. The van der Waals surface area contributed by atoms with Crippen LogP contribution in [0.1, 0.15) is 45.4 Å². The Bertz CT molecular complexity index is 272. The molecule has 2 fully saturated rings. The summed E-state index contributed by atoms with van der Waals surface area (Å²) in [6.07, 6.45) is 8.73. The summed E-state index contributed by atoms with van der Waals surface area (Å²) in [5.74, 6) is 0.421. The fourth-order valence-electron chi connectivity index (χ4n) is 3.10. The van der Waals surface area contributed by atoms with Gasteiger partial charge < -0.3 is 4.74 Å². The van der Waals surface area contributed by atoms with E-state index >= 15 is 0 Å². The van der Waals surface area contributed by atoms with E-state index in [0.717, 1.165) is 19.3 Å². The van der Waals surface area contributed by atoms with Crippen LogP contribution in [0.3, 0.4) is 0 Å². The molecule has 2 aliphatic rings. The van der Waals surface area contributed by atoms with E-state index in [4.69, 9.17) is 4.74 Å². The van der Waals surface area contributed by atoms with Crippen LogP contribution in [0.25, 0.3) is 0 Å². The summed E-state index contributed by atoms with van der Waals surface area (Å²) < 4.78 is 5.53. The molecule has 0 amide bonds. The SMILES string of the molecule is C=CC[C@]1(C)C(=O)O[C@H]2CCCCC[C@@H]21. The molecule has 1 aliphatic carbocycles. The standard InChI is InChI=1S/C13H20O2/c1-3-9-13(2)10-7-5-4-6-8-11(10)15-12(13)14/h3,10-11H,1,4-9H2,2H3/t10-,11-,13-/m0/s1. The third-order valence-corrected chi connectivity index (χ3v) is 4.06. The van der Waals surface area contributed by atoms with Crippen molar-refractivity contribution in [1.29, 1.82) is 0 Å². The molecule has 2 rings (SSSR count). The molecule has 2 heteroatoms. The summed E-state index contributed by atoms with van der Waals surface area (Å²) in [6.45, 7) is 5.81. The maximum absolute atomic E-state index is 11.9. The molecule has 1 heterocycles. The highest BCUT2D eigenvalue weighted by Crippen LogP contribution is 2.47. The van der Waals surface area contributed by atoms with Gasteiger partial charge in [-0.3, -0.25) is 4.79 Å². The number of hydrogen-bond donors (Lipinski definition) is 0. The van der Waals surface area contributed by atoms with Gasteiger partial charge in [-0.15, -0.1) is 6.58 Å². The van der Waals surface area contributed by atoms with Crippen molar-refractivity contribution in [2.75, 3.05) is 0 Å². The molecule has 2 nitrogen and oxygen atoms in total. The lowest BCUT2D eigenvalue weighted by Gasteiger charge is -2.26. The van der Waals surface area contributed by atoms with Gasteiger partial charge in [0.05, 0.1) is 5.41 Å². The molecule has 0 radical (unpaired) electrons. The van der Waals surface area contributed by atoms with Crippen molar-refractivity contribution in [3.63, 3.8) is 0 Å². The van der Waals surface area contributed by atoms with Crippen molar-refractivity contribution in [3.8, 4) is 0 Å². The third kappa shape index (κ3) is 1.70. The van der Waals surface area contributed by atoms with Crippen molar-refractivity contribution in [1.82, 2.24) is 0 Å². The lowest BCUT2D eigenvalue weighted by atomic mass is 9.72. The van der Waals surface area contributed by atoms with Gasteiger partial charge in [-0.2, -0.15) is 0 Å². The number of carbonyl (C=O) groups is 1. The molecule has 1 saturated carbocycles. The van der Waals surface area contributed by atoms with Gasteiger partial charge in [0.1, 0.15) is 6.10 Å². The van der Waals surface area contributed by atoms with Crippen LogP contribution in [-0.2, 0) is 9.53 Å². The number of allylic oxidation sites excluding steroid dienone is 1. The second-order valence-corrected chi connectivity index (χ2v) is 5.10. The van der Waals surface area contributed by atoms with Gasteiger partial charge in [0, 0.05) is 5.92 Å². The fraction of sp³-hybridized carbons (Fsp3) is 0.769. The first kappa shape index (κ1) is 10.7. The molecule has 1 saturated heterocycles. The molecule has 0 unspecified atom stereocenters. The number of hydrogen-bond acceptors (Lipinski definition) is 2. The first-order chi connectivity index (χ1) is 7.18. The monoisotopic (exact) mass is 208 g/mol. The number of esters is 1. The molecule has 0 aromatic carbocycles. The zero-order valence-corrected chi connectivity index (χ0v) is 9.50. The second kappa shape index (κ2) is 3.99. The first-order valence-electron chi connectivity index (χ1n) is 6.00. The summed E-state index contributed by atoms with van der Waals surface area (Å²) >= 11 is 0. The highest BCUT2D eigenvalue weighted by Gasteiger charge is 2.52. The van der Waals surface area contributed by atoms with Gasteiger partial charge in [-0.25, -0.2) is 0 Å². The smallest absolute Gasteiger partial charge is 0.312 e. The molecule has 0 N–H and O–H groups in total. The second-order valence-electron chi connectivity index (χ2n) is 5.10. The van der Waals surface area contributed by atoms with E-state index in [9.17, 15) is 4.79 Å². The highest BCUT2D eigenvalue weighted by molar-refractivity contribution is 5.79. The normalized spacial score (nSPS) is 40.5. The van der Waals surface area contributed by atoms with E-state index in [2.05, 4.69) is 6.58 Å². The Balaban J connectivity index is 2.22. The Morgan fingerprint density at radius 2 is 2.20 bits per heavy atom. The Hall–Kier alpha value is -0.790. The van der Waals surface area contributed by atoms with Crippen LogP contribution in [0.15, 0.2) is 12.7 Å². The van der Waals surface area contributed by atoms with Gasteiger partial charge in [-0.05, 0) is 32.6 Å². The Kier molecular flexibility index (Phi) is 2.85. The molecule has 15 heavy (non-hydrogen) atoms. The van der Waals surface area contributed by atoms with Crippen LogP contribution >= 0.6 is 0 Å².